The zero-order valence-electron chi connectivity index (χ0n) is 18.3. The lowest BCUT2D eigenvalue weighted by Crippen LogP contribution is -2.06. The summed E-state index contributed by atoms with van der Waals surface area (Å²) in [6, 6.07) is 9.21. The lowest BCUT2D eigenvalue weighted by atomic mass is 10.2. The summed E-state index contributed by atoms with van der Waals surface area (Å²) in [5.74, 6) is 1.52. The summed E-state index contributed by atoms with van der Waals surface area (Å²) >= 11 is 6.64. The summed E-state index contributed by atoms with van der Waals surface area (Å²) in [4.78, 5) is 20.7. The maximum Gasteiger partial charge on any atom is 0.247 e. The molecule has 12 heteroatoms. The minimum atomic E-state index is -3.60. The molecule has 0 unspecified atom stereocenters. The SMILES string of the molecule is Cc1c(Oc2ccc3c(c2)ncn3C)ccc(Nc2ncnc3cnc(S(C)(=O)=O)nc23)c1Cl. The summed E-state index contributed by atoms with van der Waals surface area (Å²) in [5.41, 5.74) is 3.73. The minimum Gasteiger partial charge on any atom is -0.457 e. The first-order valence-corrected chi connectivity index (χ1v) is 12.3. The number of hydrogen-bond donors (Lipinski definition) is 1. The Bertz CT molecular complexity index is 1690. The number of ether oxygens (including phenoxy) is 1. The molecule has 0 saturated carbocycles. The van der Waals surface area contributed by atoms with E-state index in [9.17, 15) is 8.42 Å². The van der Waals surface area contributed by atoms with Crippen LogP contribution < -0.4 is 10.1 Å². The molecule has 0 aliphatic rings. The van der Waals surface area contributed by atoms with E-state index in [-0.39, 0.29) is 10.7 Å². The van der Waals surface area contributed by atoms with Crippen LogP contribution in [0, 0.1) is 6.92 Å². The van der Waals surface area contributed by atoms with E-state index in [4.69, 9.17) is 16.3 Å². The maximum atomic E-state index is 11.9. The van der Waals surface area contributed by atoms with Crippen LogP contribution >= 0.6 is 11.6 Å². The van der Waals surface area contributed by atoms with Crippen molar-refractivity contribution in [2.24, 2.45) is 7.05 Å². The van der Waals surface area contributed by atoms with Gasteiger partial charge in [-0.05, 0) is 31.2 Å². The molecule has 34 heavy (non-hydrogen) atoms. The molecule has 0 spiro atoms. The van der Waals surface area contributed by atoms with Gasteiger partial charge in [0, 0.05) is 24.9 Å². The highest BCUT2D eigenvalue weighted by molar-refractivity contribution is 7.90. The molecule has 0 amide bonds. The van der Waals surface area contributed by atoms with Gasteiger partial charge >= 0.3 is 0 Å². The smallest absolute Gasteiger partial charge is 0.247 e. The Morgan fingerprint density at radius 1 is 1.06 bits per heavy atom. The average molecular weight is 496 g/mol. The molecule has 0 aliphatic carbocycles. The molecule has 0 aliphatic heterocycles. The highest BCUT2D eigenvalue weighted by atomic mass is 35.5. The lowest BCUT2D eigenvalue weighted by molar-refractivity contribution is 0.479. The van der Waals surface area contributed by atoms with E-state index < -0.39 is 9.84 Å². The maximum absolute atomic E-state index is 11.9. The molecule has 0 atom stereocenters. The van der Waals surface area contributed by atoms with Gasteiger partial charge in [-0.15, -0.1) is 0 Å². The van der Waals surface area contributed by atoms with Crippen LogP contribution in [0.4, 0.5) is 11.5 Å². The summed E-state index contributed by atoms with van der Waals surface area (Å²) in [7, 11) is -1.67. The largest absolute Gasteiger partial charge is 0.457 e. The Labute approximate surface area is 199 Å². The van der Waals surface area contributed by atoms with Gasteiger partial charge in [-0.3, -0.25) is 0 Å². The third-order valence-electron chi connectivity index (χ3n) is 5.20. The molecule has 3 heterocycles. The second-order valence-corrected chi connectivity index (χ2v) is 9.95. The molecule has 5 aromatic rings. The van der Waals surface area contributed by atoms with E-state index >= 15 is 0 Å². The van der Waals surface area contributed by atoms with Gasteiger partial charge in [-0.2, -0.15) is 0 Å². The normalized spacial score (nSPS) is 11.8. The monoisotopic (exact) mass is 495 g/mol. The Morgan fingerprint density at radius 2 is 1.88 bits per heavy atom. The molecule has 0 fully saturated rings. The molecule has 0 bridgehead atoms. The number of rotatable bonds is 5. The predicted octanol–water partition coefficient (Wildman–Crippen LogP) is 4.21. The standard InChI is InChI=1S/C22H18ClN7O3S/c1-12-18(33-13-4-6-17-15(8-13)27-11-30(17)2)7-5-14(19(12)23)28-21-20-16(25-10-26-21)9-24-22(29-20)34(3,31)32/h4-11H,1-3H3,(H,25,26,28). The van der Waals surface area contributed by atoms with Gasteiger partial charge in [0.25, 0.3) is 0 Å². The minimum absolute atomic E-state index is 0.260. The lowest BCUT2D eigenvalue weighted by Gasteiger charge is -2.15. The van der Waals surface area contributed by atoms with Crippen molar-refractivity contribution in [2.45, 2.75) is 12.1 Å². The molecule has 2 aromatic carbocycles. The van der Waals surface area contributed by atoms with Crippen molar-refractivity contribution in [3.8, 4) is 11.5 Å². The summed E-state index contributed by atoms with van der Waals surface area (Å²) in [5, 5.41) is 3.22. The van der Waals surface area contributed by atoms with Gasteiger partial charge in [0.15, 0.2) is 5.82 Å². The van der Waals surface area contributed by atoms with E-state index in [1.165, 1.54) is 12.5 Å². The third-order valence-corrected chi connectivity index (χ3v) is 6.55. The zero-order valence-corrected chi connectivity index (χ0v) is 19.9. The van der Waals surface area contributed by atoms with Crippen molar-refractivity contribution in [1.82, 2.24) is 29.5 Å². The van der Waals surface area contributed by atoms with Gasteiger partial charge in [-0.1, -0.05) is 11.6 Å². The number of halogens is 1. The number of sulfone groups is 1. The summed E-state index contributed by atoms with van der Waals surface area (Å²) in [6.07, 6.45) is 5.46. The number of imidazole rings is 1. The van der Waals surface area contributed by atoms with Gasteiger partial charge in [-0.25, -0.2) is 33.3 Å². The highest BCUT2D eigenvalue weighted by Gasteiger charge is 2.17. The van der Waals surface area contributed by atoms with Crippen molar-refractivity contribution in [3.05, 3.63) is 59.8 Å². The van der Waals surface area contributed by atoms with Crippen LogP contribution in [0.1, 0.15) is 5.56 Å². The Kier molecular flexibility index (Phi) is 5.29. The Hall–Kier alpha value is -3.83. The van der Waals surface area contributed by atoms with E-state index in [2.05, 4.69) is 30.2 Å². The number of aromatic nitrogens is 6. The van der Waals surface area contributed by atoms with Crippen molar-refractivity contribution >= 4 is 55.0 Å². The van der Waals surface area contributed by atoms with Crippen molar-refractivity contribution in [3.63, 3.8) is 0 Å². The van der Waals surface area contributed by atoms with Crippen LogP contribution in [-0.2, 0) is 16.9 Å². The number of anilines is 2. The molecule has 1 N–H and O–H groups in total. The van der Waals surface area contributed by atoms with Crippen LogP contribution in [0.25, 0.3) is 22.1 Å². The molecule has 0 saturated heterocycles. The van der Waals surface area contributed by atoms with Crippen molar-refractivity contribution < 1.29 is 13.2 Å². The number of benzene rings is 2. The first-order valence-electron chi connectivity index (χ1n) is 10.0. The molecule has 3 aromatic heterocycles. The van der Waals surface area contributed by atoms with Gasteiger partial charge in [0.2, 0.25) is 15.0 Å². The van der Waals surface area contributed by atoms with Crippen molar-refractivity contribution in [1.29, 1.82) is 0 Å². The van der Waals surface area contributed by atoms with Crippen LogP contribution in [0.5, 0.6) is 11.5 Å². The predicted molar refractivity (Wildman–Crippen MR) is 128 cm³/mol. The Balaban J connectivity index is 1.47. The molecule has 5 rings (SSSR count). The molecule has 172 valence electrons. The summed E-state index contributed by atoms with van der Waals surface area (Å²) < 4.78 is 31.8. The van der Waals surface area contributed by atoms with Crippen molar-refractivity contribution in [2.75, 3.05) is 11.6 Å². The molecule has 10 nitrogen and oxygen atoms in total. The molecular formula is C22H18ClN7O3S. The number of fused-ring (bicyclic) bond motifs is 2. The molecular weight excluding hydrogens is 478 g/mol. The first kappa shape index (κ1) is 22.0. The topological polar surface area (TPSA) is 125 Å². The van der Waals surface area contributed by atoms with E-state index in [0.717, 1.165) is 17.3 Å². The van der Waals surface area contributed by atoms with Gasteiger partial charge < -0.3 is 14.6 Å². The van der Waals surface area contributed by atoms with E-state index in [1.807, 2.05) is 36.7 Å². The van der Waals surface area contributed by atoms with E-state index in [1.54, 1.807) is 18.5 Å². The fourth-order valence-electron chi connectivity index (χ4n) is 3.42. The van der Waals surface area contributed by atoms with Gasteiger partial charge in [0.1, 0.15) is 28.9 Å². The van der Waals surface area contributed by atoms with Gasteiger partial charge in [0.05, 0.1) is 34.3 Å². The Morgan fingerprint density at radius 3 is 2.68 bits per heavy atom. The first-order chi connectivity index (χ1) is 16.2. The molecule has 0 radical (unpaired) electrons. The number of nitrogens with zero attached hydrogens (tertiary/aromatic N) is 6. The second kappa shape index (κ2) is 8.19. The summed E-state index contributed by atoms with van der Waals surface area (Å²) in [6.45, 7) is 1.84. The van der Waals surface area contributed by atoms with Crippen LogP contribution in [0.3, 0.4) is 0 Å². The van der Waals surface area contributed by atoms with Crippen LogP contribution in [-0.4, -0.2) is 44.2 Å². The second-order valence-electron chi connectivity index (χ2n) is 7.66. The van der Waals surface area contributed by atoms with E-state index in [0.29, 0.717) is 39.1 Å². The third kappa shape index (κ3) is 3.99. The van der Waals surface area contributed by atoms with Crippen LogP contribution in [0.15, 0.2) is 54.3 Å². The fraction of sp³-hybridized carbons (Fsp3) is 0.136. The number of hydrogen-bond acceptors (Lipinski definition) is 9. The average Bonchev–Trinajstić information content (AvgIpc) is 3.18. The van der Waals surface area contributed by atoms with Crippen LogP contribution in [0.2, 0.25) is 5.02 Å². The number of aryl methyl sites for hydroxylation is 1. The fourth-order valence-corrected chi connectivity index (χ4v) is 4.12. The number of nitrogens with one attached hydrogen (secondary N) is 1. The quantitative estimate of drug-likeness (QED) is 0.357. The zero-order chi connectivity index (χ0) is 24.0. The highest BCUT2D eigenvalue weighted by Crippen LogP contribution is 2.37.